The molecule has 1 atom stereocenters. The highest BCUT2D eigenvalue weighted by atomic mass is 32.1. The Balaban J connectivity index is 1.38. The van der Waals surface area contributed by atoms with E-state index in [4.69, 9.17) is 4.74 Å². The summed E-state index contributed by atoms with van der Waals surface area (Å²) >= 11 is 1.40. The number of nitrogens with zero attached hydrogens (tertiary/aromatic N) is 2. The lowest BCUT2D eigenvalue weighted by Gasteiger charge is -2.23. The molecule has 2 amide bonds. The van der Waals surface area contributed by atoms with Gasteiger partial charge in [0.1, 0.15) is 5.75 Å². The van der Waals surface area contributed by atoms with Crippen molar-refractivity contribution in [3.05, 3.63) is 29.6 Å². The van der Waals surface area contributed by atoms with Crippen molar-refractivity contribution in [1.82, 2.24) is 9.88 Å². The second-order valence-electron chi connectivity index (χ2n) is 7.14. The van der Waals surface area contributed by atoms with E-state index in [0.717, 1.165) is 29.8 Å². The van der Waals surface area contributed by atoms with Crippen molar-refractivity contribution in [3.8, 4) is 17.0 Å². The summed E-state index contributed by atoms with van der Waals surface area (Å²) in [5, 5.41) is 5.38. The maximum Gasteiger partial charge on any atom is 0.231 e. The topological polar surface area (TPSA) is 71.5 Å². The summed E-state index contributed by atoms with van der Waals surface area (Å²) in [6, 6.07) is 7.98. The van der Waals surface area contributed by atoms with Gasteiger partial charge in [-0.1, -0.05) is 12.8 Å². The highest BCUT2D eigenvalue weighted by Crippen LogP contribution is 2.31. The second-order valence-corrected chi connectivity index (χ2v) is 8.00. The van der Waals surface area contributed by atoms with Crippen LogP contribution in [0.3, 0.4) is 0 Å². The lowest BCUT2D eigenvalue weighted by atomic mass is 10.1. The number of carbonyl (C=O) groups excluding carboxylic acids is 2. The molecule has 4 rings (SSSR count). The van der Waals surface area contributed by atoms with Crippen molar-refractivity contribution in [2.45, 2.75) is 38.1 Å². The predicted octanol–water partition coefficient (Wildman–Crippen LogP) is 3.55. The third-order valence-electron chi connectivity index (χ3n) is 5.41. The molecule has 2 fully saturated rings. The van der Waals surface area contributed by atoms with Gasteiger partial charge in [-0.15, -0.1) is 11.3 Å². The molecule has 1 aromatic carbocycles. The molecule has 1 aliphatic carbocycles. The van der Waals surface area contributed by atoms with Crippen molar-refractivity contribution >= 4 is 28.3 Å². The van der Waals surface area contributed by atoms with E-state index >= 15 is 0 Å². The first-order valence-corrected chi connectivity index (χ1v) is 10.2. The van der Waals surface area contributed by atoms with Gasteiger partial charge in [0.05, 0.1) is 18.7 Å². The quantitative estimate of drug-likeness (QED) is 0.854. The molecule has 1 saturated heterocycles. The molecule has 0 radical (unpaired) electrons. The number of hydrogen-bond donors (Lipinski definition) is 1. The molecule has 2 aromatic rings. The van der Waals surface area contributed by atoms with Gasteiger partial charge in [-0.3, -0.25) is 9.59 Å². The maximum atomic E-state index is 12.6. The fraction of sp³-hybridized carbons (Fsp3) is 0.450. The van der Waals surface area contributed by atoms with E-state index in [2.05, 4.69) is 10.3 Å². The first-order valence-electron chi connectivity index (χ1n) is 9.34. The van der Waals surface area contributed by atoms with E-state index in [1.54, 1.807) is 7.11 Å². The van der Waals surface area contributed by atoms with Gasteiger partial charge >= 0.3 is 0 Å². The van der Waals surface area contributed by atoms with Gasteiger partial charge in [-0.05, 0) is 37.1 Å². The van der Waals surface area contributed by atoms with Crippen molar-refractivity contribution in [3.63, 3.8) is 0 Å². The highest BCUT2D eigenvalue weighted by molar-refractivity contribution is 7.14. The molecule has 2 heterocycles. The molecule has 1 N–H and O–H groups in total. The van der Waals surface area contributed by atoms with Crippen LogP contribution < -0.4 is 10.1 Å². The summed E-state index contributed by atoms with van der Waals surface area (Å²) in [7, 11) is 1.63. The zero-order chi connectivity index (χ0) is 18.8. The molecule has 1 aliphatic heterocycles. The van der Waals surface area contributed by atoms with Crippen molar-refractivity contribution in [2.24, 2.45) is 5.92 Å². The minimum absolute atomic E-state index is 0.111. The van der Waals surface area contributed by atoms with Crippen LogP contribution in [0.4, 0.5) is 5.13 Å². The number of ether oxygens (including phenoxy) is 1. The molecule has 0 spiro atoms. The number of anilines is 1. The van der Waals surface area contributed by atoms with Crippen molar-refractivity contribution < 1.29 is 14.3 Å². The van der Waals surface area contributed by atoms with Gasteiger partial charge in [-0.2, -0.15) is 0 Å². The van der Waals surface area contributed by atoms with Crippen LogP contribution in [0.25, 0.3) is 11.3 Å². The average molecular weight is 385 g/mol. The summed E-state index contributed by atoms with van der Waals surface area (Å²) < 4.78 is 5.17. The smallest absolute Gasteiger partial charge is 0.231 e. The average Bonchev–Trinajstić information content (AvgIpc) is 3.42. The van der Waals surface area contributed by atoms with E-state index < -0.39 is 0 Å². The van der Waals surface area contributed by atoms with E-state index in [9.17, 15) is 9.59 Å². The summed E-state index contributed by atoms with van der Waals surface area (Å²) in [4.78, 5) is 31.3. The number of carbonyl (C=O) groups is 2. The Kier molecular flexibility index (Phi) is 5.11. The third kappa shape index (κ3) is 3.83. The second kappa shape index (κ2) is 7.68. The SMILES string of the molecule is COc1ccc(-c2csc(NC(=O)[C@H]3CC(=O)N(C4CCCC4)C3)n2)cc1. The monoisotopic (exact) mass is 385 g/mol. The number of rotatable bonds is 5. The molecule has 142 valence electrons. The maximum absolute atomic E-state index is 12.6. The minimum atomic E-state index is -0.286. The number of methoxy groups -OCH3 is 1. The van der Waals surface area contributed by atoms with Crippen LogP contribution in [-0.4, -0.2) is 41.4 Å². The fourth-order valence-corrected chi connectivity index (χ4v) is 4.63. The first-order chi connectivity index (χ1) is 13.1. The summed E-state index contributed by atoms with van der Waals surface area (Å²) in [6.45, 7) is 0.534. The lowest BCUT2D eigenvalue weighted by Crippen LogP contribution is -2.35. The molecular weight excluding hydrogens is 362 g/mol. The van der Waals surface area contributed by atoms with Crippen LogP contribution in [0.1, 0.15) is 32.1 Å². The zero-order valence-electron chi connectivity index (χ0n) is 15.3. The lowest BCUT2D eigenvalue weighted by molar-refractivity contribution is -0.129. The van der Waals surface area contributed by atoms with Crippen molar-refractivity contribution in [1.29, 1.82) is 0 Å². The molecule has 1 saturated carbocycles. The number of thiazole rings is 1. The zero-order valence-corrected chi connectivity index (χ0v) is 16.1. The fourth-order valence-electron chi connectivity index (χ4n) is 3.91. The number of benzene rings is 1. The van der Waals surface area contributed by atoms with Gasteiger partial charge in [0.25, 0.3) is 0 Å². The summed E-state index contributed by atoms with van der Waals surface area (Å²) in [5.74, 6) is 0.506. The molecule has 0 bridgehead atoms. The third-order valence-corrected chi connectivity index (χ3v) is 6.17. The van der Waals surface area contributed by atoms with Crippen LogP contribution in [0, 0.1) is 5.92 Å². The highest BCUT2D eigenvalue weighted by Gasteiger charge is 2.38. The molecule has 27 heavy (non-hydrogen) atoms. The van der Waals surface area contributed by atoms with Crippen LogP contribution in [-0.2, 0) is 9.59 Å². The number of hydrogen-bond acceptors (Lipinski definition) is 5. The van der Waals surface area contributed by atoms with Gasteiger partial charge < -0.3 is 15.0 Å². The molecule has 0 unspecified atom stereocenters. The minimum Gasteiger partial charge on any atom is -0.497 e. The summed E-state index contributed by atoms with van der Waals surface area (Å²) in [6.07, 6.45) is 4.80. The Morgan fingerprint density at radius 2 is 2.00 bits per heavy atom. The largest absolute Gasteiger partial charge is 0.497 e. The summed E-state index contributed by atoms with van der Waals surface area (Å²) in [5.41, 5.74) is 1.78. The molecular formula is C20H23N3O3S. The van der Waals surface area contributed by atoms with E-state index in [0.29, 0.717) is 24.1 Å². The Hall–Kier alpha value is -2.41. The van der Waals surface area contributed by atoms with Gasteiger partial charge in [-0.25, -0.2) is 4.98 Å². The molecule has 7 heteroatoms. The number of aromatic nitrogens is 1. The van der Waals surface area contributed by atoms with E-state index in [1.165, 1.54) is 24.2 Å². The van der Waals surface area contributed by atoms with E-state index in [-0.39, 0.29) is 17.7 Å². The standard InChI is InChI=1S/C20H23N3O3S/c1-26-16-8-6-13(7-9-16)17-12-27-20(21-17)22-19(25)14-10-18(24)23(11-14)15-4-2-3-5-15/h6-9,12,14-15H,2-5,10-11H2,1H3,(H,21,22,25)/t14-/m0/s1. The van der Waals surface area contributed by atoms with Crippen LogP contribution in [0.2, 0.25) is 0 Å². The number of likely N-dealkylation sites (tertiary alicyclic amines) is 1. The predicted molar refractivity (Wildman–Crippen MR) is 105 cm³/mol. The molecule has 2 aliphatic rings. The molecule has 6 nitrogen and oxygen atoms in total. The first kappa shape index (κ1) is 18.0. The van der Waals surface area contributed by atoms with Crippen molar-refractivity contribution in [2.75, 3.05) is 19.0 Å². The Morgan fingerprint density at radius 3 is 2.70 bits per heavy atom. The van der Waals surface area contributed by atoms with Gasteiger partial charge in [0.15, 0.2) is 5.13 Å². The number of nitrogens with one attached hydrogen (secondary N) is 1. The normalized spacial score (nSPS) is 20.3. The van der Waals surface area contributed by atoms with E-state index in [1.807, 2.05) is 34.5 Å². The van der Waals surface area contributed by atoms with Gasteiger partial charge in [0, 0.05) is 30.0 Å². The van der Waals surface area contributed by atoms with Crippen LogP contribution in [0.15, 0.2) is 29.6 Å². The Morgan fingerprint density at radius 1 is 1.26 bits per heavy atom. The Labute approximate surface area is 162 Å². The van der Waals surface area contributed by atoms with Gasteiger partial charge in [0.2, 0.25) is 11.8 Å². The Bertz CT molecular complexity index is 827. The van der Waals surface area contributed by atoms with Crippen LogP contribution >= 0.6 is 11.3 Å². The number of amides is 2. The van der Waals surface area contributed by atoms with Crippen LogP contribution in [0.5, 0.6) is 5.75 Å². The molecule has 1 aromatic heterocycles.